The summed E-state index contributed by atoms with van der Waals surface area (Å²) in [6, 6.07) is 7.41. The molecule has 1 aliphatic rings. The van der Waals surface area contributed by atoms with Crippen LogP contribution in [0.15, 0.2) is 24.3 Å². The van der Waals surface area contributed by atoms with E-state index in [0.717, 1.165) is 18.9 Å². The van der Waals surface area contributed by atoms with Gasteiger partial charge in [-0.3, -0.25) is 0 Å². The van der Waals surface area contributed by atoms with Crippen molar-refractivity contribution in [1.82, 2.24) is 5.32 Å². The molecule has 0 spiro atoms. The summed E-state index contributed by atoms with van der Waals surface area (Å²) >= 11 is 0. The molecule has 0 saturated heterocycles. The predicted molar refractivity (Wildman–Crippen MR) is 83.2 cm³/mol. The van der Waals surface area contributed by atoms with Gasteiger partial charge in [-0.15, -0.1) is 0 Å². The number of benzene rings is 1. The van der Waals surface area contributed by atoms with Gasteiger partial charge in [0.25, 0.3) is 0 Å². The zero-order valence-electron chi connectivity index (χ0n) is 12.7. The third-order valence-corrected chi connectivity index (χ3v) is 4.50. The molecule has 112 valence electrons. The van der Waals surface area contributed by atoms with Gasteiger partial charge in [-0.2, -0.15) is 0 Å². The van der Waals surface area contributed by atoms with Crippen LogP contribution in [0.3, 0.4) is 0 Å². The first kappa shape index (κ1) is 15.5. The molecule has 0 bridgehead atoms. The number of hydrogen-bond acceptors (Lipinski definition) is 1. The van der Waals surface area contributed by atoms with E-state index >= 15 is 0 Å². The van der Waals surface area contributed by atoms with Crippen molar-refractivity contribution in [1.29, 1.82) is 0 Å². The number of nitrogens with one attached hydrogen (secondary N) is 1. The highest BCUT2D eigenvalue weighted by Gasteiger charge is 2.16. The molecule has 1 saturated carbocycles. The van der Waals surface area contributed by atoms with E-state index in [1.165, 1.54) is 50.5 Å². The second-order valence-corrected chi connectivity index (χ2v) is 6.16. The smallest absolute Gasteiger partial charge is 0.123 e. The fourth-order valence-electron chi connectivity index (χ4n) is 3.19. The van der Waals surface area contributed by atoms with Crippen molar-refractivity contribution in [2.45, 2.75) is 64.3 Å². The van der Waals surface area contributed by atoms with Crippen LogP contribution in [-0.4, -0.2) is 6.54 Å². The van der Waals surface area contributed by atoms with Gasteiger partial charge in [-0.1, -0.05) is 51.2 Å². The van der Waals surface area contributed by atoms with Crippen LogP contribution in [0.5, 0.6) is 0 Å². The van der Waals surface area contributed by atoms with Gasteiger partial charge in [-0.25, -0.2) is 4.39 Å². The topological polar surface area (TPSA) is 12.0 Å². The Kier molecular flexibility index (Phi) is 6.52. The summed E-state index contributed by atoms with van der Waals surface area (Å²) in [5.74, 6) is 0.698. The lowest BCUT2D eigenvalue weighted by Gasteiger charge is -2.26. The zero-order chi connectivity index (χ0) is 14.2. The second kappa shape index (κ2) is 8.41. The lowest BCUT2D eigenvalue weighted by Crippen LogP contribution is -2.28. The van der Waals surface area contributed by atoms with Gasteiger partial charge < -0.3 is 5.32 Å². The second-order valence-electron chi connectivity index (χ2n) is 6.16. The van der Waals surface area contributed by atoms with E-state index < -0.39 is 0 Å². The third-order valence-electron chi connectivity index (χ3n) is 4.50. The maximum atomic E-state index is 13.1. The minimum absolute atomic E-state index is 0.143. The molecule has 1 aliphatic carbocycles. The summed E-state index contributed by atoms with van der Waals surface area (Å²) in [5, 5.41) is 3.74. The standard InChI is InChI=1S/C18H28FN/c1-2-3-9-18(16-10-12-17(19)13-11-16)20-14-15-7-5-4-6-8-15/h10-13,15,18,20H,2-9,14H2,1H3. The lowest BCUT2D eigenvalue weighted by molar-refractivity contribution is 0.322. The molecule has 0 amide bonds. The highest BCUT2D eigenvalue weighted by atomic mass is 19.1. The SMILES string of the molecule is CCCCC(NCC1CCCCC1)c1ccc(F)cc1. The quantitative estimate of drug-likeness (QED) is 0.720. The van der Waals surface area contributed by atoms with Crippen LogP contribution in [0.1, 0.15) is 69.9 Å². The van der Waals surface area contributed by atoms with Crippen molar-refractivity contribution >= 4 is 0 Å². The Labute approximate surface area is 123 Å². The first-order chi connectivity index (χ1) is 9.79. The average Bonchev–Trinajstić information content (AvgIpc) is 2.50. The van der Waals surface area contributed by atoms with E-state index in [9.17, 15) is 4.39 Å². The van der Waals surface area contributed by atoms with E-state index in [0.29, 0.717) is 6.04 Å². The van der Waals surface area contributed by atoms with Gasteiger partial charge in [0.2, 0.25) is 0 Å². The first-order valence-electron chi connectivity index (χ1n) is 8.28. The van der Waals surface area contributed by atoms with Crippen molar-refractivity contribution in [3.8, 4) is 0 Å². The van der Waals surface area contributed by atoms with Crippen molar-refractivity contribution in [2.75, 3.05) is 6.54 Å². The van der Waals surface area contributed by atoms with Gasteiger partial charge in [0.15, 0.2) is 0 Å². The van der Waals surface area contributed by atoms with Gasteiger partial charge in [-0.05, 0) is 49.4 Å². The van der Waals surface area contributed by atoms with E-state index in [4.69, 9.17) is 0 Å². The molecule has 2 rings (SSSR count). The highest BCUT2D eigenvalue weighted by molar-refractivity contribution is 5.19. The fraction of sp³-hybridized carbons (Fsp3) is 0.667. The Bertz CT molecular complexity index is 368. The minimum atomic E-state index is -0.143. The molecule has 1 N–H and O–H groups in total. The van der Waals surface area contributed by atoms with Crippen LogP contribution in [-0.2, 0) is 0 Å². The Balaban J connectivity index is 1.90. The van der Waals surface area contributed by atoms with Crippen molar-refractivity contribution in [3.05, 3.63) is 35.6 Å². The molecule has 0 aliphatic heterocycles. The molecule has 0 heterocycles. The summed E-state index contributed by atoms with van der Waals surface area (Å²) in [5.41, 5.74) is 1.23. The van der Waals surface area contributed by atoms with Crippen LogP contribution in [0.25, 0.3) is 0 Å². The Hall–Kier alpha value is -0.890. The Morgan fingerprint density at radius 3 is 2.50 bits per heavy atom. The average molecular weight is 277 g/mol. The number of unbranched alkanes of at least 4 members (excludes halogenated alkanes) is 1. The van der Waals surface area contributed by atoms with E-state index in [2.05, 4.69) is 12.2 Å². The van der Waals surface area contributed by atoms with E-state index in [-0.39, 0.29) is 5.82 Å². The van der Waals surface area contributed by atoms with Crippen molar-refractivity contribution < 1.29 is 4.39 Å². The molecule has 1 unspecified atom stereocenters. The molecule has 1 fully saturated rings. The Morgan fingerprint density at radius 1 is 1.15 bits per heavy atom. The van der Waals surface area contributed by atoms with Gasteiger partial charge in [0.05, 0.1) is 0 Å². The largest absolute Gasteiger partial charge is 0.310 e. The molecular formula is C18H28FN. The van der Waals surface area contributed by atoms with Gasteiger partial charge in [0.1, 0.15) is 5.82 Å². The van der Waals surface area contributed by atoms with Crippen molar-refractivity contribution in [3.63, 3.8) is 0 Å². The summed E-state index contributed by atoms with van der Waals surface area (Å²) in [4.78, 5) is 0. The zero-order valence-corrected chi connectivity index (χ0v) is 12.7. The molecular weight excluding hydrogens is 249 g/mol. The summed E-state index contributed by atoms with van der Waals surface area (Å²) in [7, 11) is 0. The molecule has 0 radical (unpaired) electrons. The van der Waals surface area contributed by atoms with E-state index in [1.807, 2.05) is 12.1 Å². The predicted octanol–water partition coefficient (Wildman–Crippen LogP) is 5.23. The van der Waals surface area contributed by atoms with Gasteiger partial charge in [0, 0.05) is 6.04 Å². The normalized spacial score (nSPS) is 18.1. The molecule has 1 nitrogen and oxygen atoms in total. The first-order valence-corrected chi connectivity index (χ1v) is 8.28. The highest BCUT2D eigenvalue weighted by Crippen LogP contribution is 2.25. The van der Waals surface area contributed by atoms with Crippen molar-refractivity contribution in [2.24, 2.45) is 5.92 Å². The Morgan fingerprint density at radius 2 is 1.85 bits per heavy atom. The van der Waals surface area contributed by atoms with Crippen LogP contribution in [0.4, 0.5) is 4.39 Å². The van der Waals surface area contributed by atoms with E-state index in [1.54, 1.807) is 12.1 Å². The molecule has 2 heteroatoms. The number of rotatable bonds is 7. The number of hydrogen-bond donors (Lipinski definition) is 1. The van der Waals surface area contributed by atoms with Crippen LogP contribution in [0.2, 0.25) is 0 Å². The summed E-state index contributed by atoms with van der Waals surface area (Å²) in [6.45, 7) is 3.34. The van der Waals surface area contributed by atoms with Crippen LogP contribution in [0, 0.1) is 11.7 Å². The van der Waals surface area contributed by atoms with Gasteiger partial charge >= 0.3 is 0 Å². The maximum absolute atomic E-state index is 13.1. The number of halogens is 1. The fourth-order valence-corrected chi connectivity index (χ4v) is 3.19. The summed E-state index contributed by atoms with van der Waals surface area (Å²) in [6.07, 6.45) is 10.5. The van der Waals surface area contributed by atoms with Crippen LogP contribution >= 0.6 is 0 Å². The minimum Gasteiger partial charge on any atom is -0.310 e. The molecule has 20 heavy (non-hydrogen) atoms. The lowest BCUT2D eigenvalue weighted by atomic mass is 9.89. The maximum Gasteiger partial charge on any atom is 0.123 e. The monoisotopic (exact) mass is 277 g/mol. The molecule has 1 atom stereocenters. The molecule has 1 aromatic rings. The third kappa shape index (κ3) is 4.90. The molecule has 0 aromatic heterocycles. The molecule has 1 aromatic carbocycles. The van der Waals surface area contributed by atoms with Crippen LogP contribution < -0.4 is 5.32 Å². The summed E-state index contributed by atoms with van der Waals surface area (Å²) < 4.78 is 13.1.